The first-order valence-electron chi connectivity index (χ1n) is 10.3. The van der Waals surface area contributed by atoms with Gasteiger partial charge in [-0.3, -0.25) is 14.6 Å². The van der Waals surface area contributed by atoms with E-state index in [4.69, 9.17) is 5.11 Å². The molecule has 0 aliphatic carbocycles. The lowest BCUT2D eigenvalue weighted by atomic mass is 10.1. The van der Waals surface area contributed by atoms with Crippen molar-refractivity contribution in [1.82, 2.24) is 24.8 Å². The van der Waals surface area contributed by atoms with E-state index >= 15 is 0 Å². The Balaban J connectivity index is 1.38. The molecular weight excluding hydrogens is 401 g/mol. The Labute approximate surface area is 178 Å². The molecular formula is C22H24FN5O3. The average Bonchev–Trinajstić information content (AvgIpc) is 2.77. The summed E-state index contributed by atoms with van der Waals surface area (Å²) in [5.41, 5.74) is 2.22. The molecule has 0 unspecified atom stereocenters. The second-order valence-electron chi connectivity index (χ2n) is 7.71. The molecule has 31 heavy (non-hydrogen) atoms. The number of carboxylic acids is 1. The highest BCUT2D eigenvalue weighted by Gasteiger charge is 2.20. The molecule has 4 rings (SSSR count). The fourth-order valence-electron chi connectivity index (χ4n) is 3.81. The zero-order chi connectivity index (χ0) is 22.0. The van der Waals surface area contributed by atoms with Gasteiger partial charge in [0, 0.05) is 51.0 Å². The lowest BCUT2D eigenvalue weighted by Gasteiger charge is -2.34. The molecule has 0 spiro atoms. The number of fused-ring (bicyclic) bond motifs is 1. The molecule has 3 aromatic rings. The Morgan fingerprint density at radius 1 is 1.13 bits per heavy atom. The number of rotatable bonds is 6. The van der Waals surface area contributed by atoms with Crippen LogP contribution in [0, 0.1) is 5.82 Å². The maximum Gasteiger partial charge on any atom is 0.354 e. The Kier molecular flexibility index (Phi) is 6.06. The number of halogens is 1. The lowest BCUT2D eigenvalue weighted by molar-refractivity contribution is 0.0690. The lowest BCUT2D eigenvalue weighted by Crippen LogP contribution is -2.45. The molecule has 1 fully saturated rings. The highest BCUT2D eigenvalue weighted by molar-refractivity contribution is 5.85. The van der Waals surface area contributed by atoms with E-state index in [1.807, 2.05) is 6.92 Å². The summed E-state index contributed by atoms with van der Waals surface area (Å²) < 4.78 is 15.0. The van der Waals surface area contributed by atoms with Gasteiger partial charge in [-0.15, -0.1) is 0 Å². The second-order valence-corrected chi connectivity index (χ2v) is 7.71. The average molecular weight is 425 g/mol. The van der Waals surface area contributed by atoms with Crippen LogP contribution in [0.15, 0.2) is 35.3 Å². The van der Waals surface area contributed by atoms with Crippen molar-refractivity contribution in [2.75, 3.05) is 26.2 Å². The molecule has 0 saturated carbocycles. The minimum absolute atomic E-state index is 0.0356. The SMILES string of the molecule is CCc1nc2ccc(CN3CCN(Cc4ccc(C(=O)O)nc4)CC3)c(F)c2[nH]c1=O. The summed E-state index contributed by atoms with van der Waals surface area (Å²) in [6.45, 7) is 6.18. The molecule has 1 saturated heterocycles. The Morgan fingerprint density at radius 2 is 1.84 bits per heavy atom. The number of pyridine rings is 1. The van der Waals surface area contributed by atoms with Gasteiger partial charge in [0.25, 0.3) is 5.56 Å². The van der Waals surface area contributed by atoms with Crippen molar-refractivity contribution in [2.45, 2.75) is 26.4 Å². The van der Waals surface area contributed by atoms with Crippen LogP contribution >= 0.6 is 0 Å². The van der Waals surface area contributed by atoms with Crippen LogP contribution in [0.4, 0.5) is 4.39 Å². The van der Waals surface area contributed by atoms with Crippen molar-refractivity contribution in [3.05, 3.63) is 69.1 Å². The van der Waals surface area contributed by atoms with Crippen LogP contribution < -0.4 is 5.56 Å². The maximum absolute atomic E-state index is 15.0. The number of benzene rings is 1. The normalized spacial score (nSPS) is 15.4. The van der Waals surface area contributed by atoms with E-state index in [-0.39, 0.29) is 16.8 Å². The fraction of sp³-hybridized carbons (Fsp3) is 0.364. The largest absolute Gasteiger partial charge is 0.477 e. The number of nitrogens with zero attached hydrogens (tertiary/aromatic N) is 4. The second kappa shape index (κ2) is 8.91. The number of aromatic carboxylic acids is 1. The van der Waals surface area contributed by atoms with Gasteiger partial charge in [0.2, 0.25) is 0 Å². The maximum atomic E-state index is 15.0. The van der Waals surface area contributed by atoms with Crippen molar-refractivity contribution < 1.29 is 14.3 Å². The number of piperazine rings is 1. The smallest absolute Gasteiger partial charge is 0.354 e. The van der Waals surface area contributed by atoms with E-state index in [0.717, 1.165) is 31.7 Å². The van der Waals surface area contributed by atoms with Crippen molar-refractivity contribution in [2.24, 2.45) is 0 Å². The summed E-state index contributed by atoms with van der Waals surface area (Å²) in [6.07, 6.45) is 2.09. The number of H-pyrrole nitrogens is 1. The minimum Gasteiger partial charge on any atom is -0.477 e. The summed E-state index contributed by atoms with van der Waals surface area (Å²) in [5, 5.41) is 8.94. The number of aromatic amines is 1. The summed E-state index contributed by atoms with van der Waals surface area (Å²) in [6, 6.07) is 6.79. The first kappa shape index (κ1) is 21.1. The highest BCUT2D eigenvalue weighted by atomic mass is 19.1. The number of carbonyl (C=O) groups is 1. The zero-order valence-corrected chi connectivity index (χ0v) is 17.3. The van der Waals surface area contributed by atoms with Crippen LogP contribution in [0.5, 0.6) is 0 Å². The van der Waals surface area contributed by atoms with Crippen LogP contribution in [-0.4, -0.2) is 62.0 Å². The number of aryl methyl sites for hydroxylation is 1. The van der Waals surface area contributed by atoms with E-state index in [2.05, 4.69) is 24.8 Å². The van der Waals surface area contributed by atoms with Crippen LogP contribution in [0.25, 0.3) is 11.0 Å². The Hall–Kier alpha value is -3.17. The van der Waals surface area contributed by atoms with Crippen LogP contribution in [0.3, 0.4) is 0 Å². The first-order chi connectivity index (χ1) is 14.9. The summed E-state index contributed by atoms with van der Waals surface area (Å²) >= 11 is 0. The Morgan fingerprint density at radius 3 is 2.45 bits per heavy atom. The van der Waals surface area contributed by atoms with Gasteiger partial charge in [-0.05, 0) is 24.1 Å². The van der Waals surface area contributed by atoms with Gasteiger partial charge >= 0.3 is 5.97 Å². The van der Waals surface area contributed by atoms with E-state index in [0.29, 0.717) is 36.3 Å². The van der Waals surface area contributed by atoms with Gasteiger partial charge in [0.1, 0.15) is 16.9 Å². The highest BCUT2D eigenvalue weighted by Crippen LogP contribution is 2.20. The molecule has 0 bridgehead atoms. The standard InChI is InChI=1S/C22H24FN5O3/c1-2-16-21(29)26-20-17(25-16)6-4-15(19(20)23)13-28-9-7-27(8-10-28)12-14-3-5-18(22(30)31)24-11-14/h3-6,11H,2,7-10,12-13H2,1H3,(H,26,29)(H,30,31). The van der Waals surface area contributed by atoms with E-state index in [1.54, 1.807) is 24.4 Å². The van der Waals surface area contributed by atoms with Gasteiger partial charge < -0.3 is 10.1 Å². The fourth-order valence-corrected chi connectivity index (χ4v) is 3.81. The molecule has 3 heterocycles. The molecule has 2 N–H and O–H groups in total. The van der Waals surface area contributed by atoms with Crippen molar-refractivity contribution in [3.63, 3.8) is 0 Å². The van der Waals surface area contributed by atoms with E-state index < -0.39 is 11.8 Å². The number of hydrogen-bond donors (Lipinski definition) is 2. The molecule has 9 heteroatoms. The van der Waals surface area contributed by atoms with Crippen LogP contribution in [0.2, 0.25) is 0 Å². The number of aromatic nitrogens is 3. The van der Waals surface area contributed by atoms with Crippen LogP contribution in [0.1, 0.15) is 34.2 Å². The zero-order valence-electron chi connectivity index (χ0n) is 17.3. The van der Waals surface area contributed by atoms with E-state index in [1.165, 1.54) is 6.07 Å². The number of nitrogens with one attached hydrogen (secondary N) is 1. The third-order valence-electron chi connectivity index (χ3n) is 5.60. The van der Waals surface area contributed by atoms with Crippen molar-refractivity contribution in [1.29, 1.82) is 0 Å². The predicted octanol–water partition coefficient (Wildman–Crippen LogP) is 2.04. The Bertz CT molecular complexity index is 1150. The third kappa shape index (κ3) is 4.62. The van der Waals surface area contributed by atoms with Crippen LogP contribution in [-0.2, 0) is 19.5 Å². The first-order valence-corrected chi connectivity index (χ1v) is 10.3. The van der Waals surface area contributed by atoms with E-state index in [9.17, 15) is 14.0 Å². The van der Waals surface area contributed by atoms with Gasteiger partial charge in [-0.25, -0.2) is 19.2 Å². The molecule has 0 radical (unpaired) electrons. The summed E-state index contributed by atoms with van der Waals surface area (Å²) in [5.74, 6) is -1.46. The monoisotopic (exact) mass is 425 g/mol. The summed E-state index contributed by atoms with van der Waals surface area (Å²) in [4.78, 5) is 38.2. The van der Waals surface area contributed by atoms with Gasteiger partial charge in [0.05, 0.1) is 5.52 Å². The quantitative estimate of drug-likeness (QED) is 0.623. The molecule has 2 aromatic heterocycles. The van der Waals surface area contributed by atoms with Gasteiger partial charge in [-0.1, -0.05) is 19.1 Å². The van der Waals surface area contributed by atoms with Crippen molar-refractivity contribution in [3.8, 4) is 0 Å². The molecule has 0 amide bonds. The molecule has 8 nitrogen and oxygen atoms in total. The third-order valence-corrected chi connectivity index (χ3v) is 5.60. The molecule has 1 aromatic carbocycles. The molecule has 0 atom stereocenters. The molecule has 1 aliphatic heterocycles. The summed E-state index contributed by atoms with van der Waals surface area (Å²) in [7, 11) is 0. The minimum atomic E-state index is -1.04. The van der Waals surface area contributed by atoms with Crippen molar-refractivity contribution >= 4 is 17.0 Å². The topological polar surface area (TPSA) is 102 Å². The number of hydrogen-bond acceptors (Lipinski definition) is 6. The van der Waals surface area contributed by atoms with Gasteiger partial charge in [-0.2, -0.15) is 0 Å². The van der Waals surface area contributed by atoms with Gasteiger partial charge in [0.15, 0.2) is 5.82 Å². The number of carboxylic acid groups (broad SMARTS) is 1. The predicted molar refractivity (Wildman–Crippen MR) is 113 cm³/mol. The molecule has 162 valence electrons. The molecule has 1 aliphatic rings.